The zero-order valence-corrected chi connectivity index (χ0v) is 24.0. The Kier molecular flexibility index (Phi) is 7.94. The van der Waals surface area contributed by atoms with E-state index in [0.717, 1.165) is 12.1 Å². The van der Waals surface area contributed by atoms with Crippen LogP contribution in [0, 0.1) is 0 Å². The van der Waals surface area contributed by atoms with Gasteiger partial charge < -0.3 is 9.47 Å². The average Bonchev–Trinajstić information content (AvgIpc) is 3.36. The minimum Gasteiger partial charge on any atom is -0.443 e. The van der Waals surface area contributed by atoms with Crippen molar-refractivity contribution >= 4 is 35.3 Å². The number of aromatic nitrogens is 2. The lowest BCUT2D eigenvalue weighted by atomic mass is 10.1. The monoisotopic (exact) mass is 584 g/mol. The third kappa shape index (κ3) is 6.81. The molecule has 0 atom stereocenters. The second-order valence-corrected chi connectivity index (χ2v) is 11.5. The number of benzene rings is 2. The Bertz CT molecular complexity index is 1550. The Hall–Kier alpha value is -4.61. The molecule has 0 fully saturated rings. The summed E-state index contributed by atoms with van der Waals surface area (Å²) in [6.07, 6.45) is -3.06. The molecule has 1 aliphatic heterocycles. The van der Waals surface area contributed by atoms with E-state index in [9.17, 15) is 27.6 Å². The maximum absolute atomic E-state index is 13.6. The van der Waals surface area contributed by atoms with Gasteiger partial charge in [-0.15, -0.1) is 0 Å². The van der Waals surface area contributed by atoms with Crippen molar-refractivity contribution in [3.8, 4) is 0 Å². The first-order chi connectivity index (χ1) is 19.4. The van der Waals surface area contributed by atoms with Crippen molar-refractivity contribution in [2.75, 3.05) is 16.3 Å². The fraction of sp³-hybridized carbons (Fsp3) is 0.333. The maximum atomic E-state index is 13.6. The summed E-state index contributed by atoms with van der Waals surface area (Å²) in [6, 6.07) is 11.8. The number of nitrogens with zero attached hydrogens (tertiary/aromatic N) is 4. The van der Waals surface area contributed by atoms with E-state index in [1.54, 1.807) is 65.8 Å². The number of fused-ring (bicyclic) bond motifs is 1. The van der Waals surface area contributed by atoms with Crippen molar-refractivity contribution in [3.05, 3.63) is 83.6 Å². The van der Waals surface area contributed by atoms with Crippen LogP contribution in [0.15, 0.2) is 66.9 Å². The molecule has 9 nitrogen and oxygen atoms in total. The van der Waals surface area contributed by atoms with E-state index in [4.69, 9.17) is 9.47 Å². The van der Waals surface area contributed by atoms with Crippen LogP contribution in [0.4, 0.5) is 34.3 Å². The van der Waals surface area contributed by atoms with Crippen LogP contribution in [0.3, 0.4) is 0 Å². The molecule has 1 aromatic heterocycles. The highest BCUT2D eigenvalue weighted by molar-refractivity contribution is 6.19. The molecule has 12 heteroatoms. The van der Waals surface area contributed by atoms with Gasteiger partial charge in [0.2, 0.25) is 0 Å². The van der Waals surface area contributed by atoms with Gasteiger partial charge in [0.15, 0.2) is 0 Å². The normalized spacial score (nSPS) is 13.6. The van der Waals surface area contributed by atoms with Crippen LogP contribution in [-0.4, -0.2) is 45.6 Å². The van der Waals surface area contributed by atoms with Gasteiger partial charge in [0.05, 0.1) is 29.7 Å². The van der Waals surface area contributed by atoms with Crippen LogP contribution in [0.25, 0.3) is 5.70 Å². The molecule has 0 radical (unpaired) electrons. The number of amides is 3. The number of hydrogen-bond donors (Lipinski definition) is 0. The molecule has 222 valence electrons. The van der Waals surface area contributed by atoms with Crippen LogP contribution in [0.1, 0.15) is 63.0 Å². The second-order valence-electron chi connectivity index (χ2n) is 11.5. The number of ether oxygens (including phenoxy) is 2. The first-order valence-electron chi connectivity index (χ1n) is 13.0. The number of alkyl halides is 3. The molecule has 3 aromatic rings. The molecule has 3 amide bonds. The predicted octanol–water partition coefficient (Wildman–Crippen LogP) is 7.13. The molecular formula is C30H31F3N4O5. The Balaban J connectivity index is 1.74. The fourth-order valence-corrected chi connectivity index (χ4v) is 4.14. The van der Waals surface area contributed by atoms with Gasteiger partial charge in [0.25, 0.3) is 5.91 Å². The molecule has 1 aliphatic rings. The zero-order chi connectivity index (χ0) is 31.0. The van der Waals surface area contributed by atoms with E-state index < -0.39 is 41.0 Å². The van der Waals surface area contributed by atoms with Gasteiger partial charge in [0, 0.05) is 17.2 Å². The van der Waals surface area contributed by atoms with Crippen LogP contribution in [0.2, 0.25) is 0 Å². The highest BCUT2D eigenvalue weighted by Gasteiger charge is 2.34. The third-order valence-electron chi connectivity index (χ3n) is 5.82. The average molecular weight is 585 g/mol. The Labute approximate surface area is 241 Å². The molecular weight excluding hydrogens is 553 g/mol. The van der Waals surface area contributed by atoms with Crippen LogP contribution < -0.4 is 9.80 Å². The first-order valence-corrected chi connectivity index (χ1v) is 13.0. The second kappa shape index (κ2) is 11.0. The molecule has 0 saturated carbocycles. The minimum absolute atomic E-state index is 0.0633. The van der Waals surface area contributed by atoms with Crippen LogP contribution in [0.5, 0.6) is 0 Å². The Morgan fingerprint density at radius 1 is 0.881 bits per heavy atom. The lowest BCUT2D eigenvalue weighted by Gasteiger charge is -2.30. The number of imide groups is 1. The summed E-state index contributed by atoms with van der Waals surface area (Å²) in [7, 11) is 0. The van der Waals surface area contributed by atoms with Crippen molar-refractivity contribution < 1.29 is 37.0 Å². The van der Waals surface area contributed by atoms with Crippen molar-refractivity contribution in [2.45, 2.75) is 58.9 Å². The quantitative estimate of drug-likeness (QED) is 0.325. The smallest absolute Gasteiger partial charge is 0.422 e. The zero-order valence-electron chi connectivity index (χ0n) is 24.0. The van der Waals surface area contributed by atoms with E-state index in [1.807, 2.05) is 0 Å². The van der Waals surface area contributed by atoms with Crippen molar-refractivity contribution in [3.63, 3.8) is 0 Å². The molecule has 0 spiro atoms. The van der Waals surface area contributed by atoms with E-state index in [1.165, 1.54) is 34.0 Å². The topological polar surface area (TPSA) is 94.0 Å². The molecule has 0 aliphatic carbocycles. The number of rotatable bonds is 3. The summed E-state index contributed by atoms with van der Waals surface area (Å²) in [5.74, 6) is -0.558. The van der Waals surface area contributed by atoms with Crippen LogP contribution >= 0.6 is 0 Å². The lowest BCUT2D eigenvalue weighted by molar-refractivity contribution is -0.137. The van der Waals surface area contributed by atoms with E-state index in [2.05, 4.69) is 5.10 Å². The Morgan fingerprint density at radius 3 is 2.19 bits per heavy atom. The highest BCUT2D eigenvalue weighted by atomic mass is 19.4. The molecule has 0 N–H and O–H groups in total. The molecule has 0 unspecified atom stereocenters. The van der Waals surface area contributed by atoms with Gasteiger partial charge in [-0.25, -0.2) is 19.2 Å². The molecule has 2 heterocycles. The number of hydrogen-bond acceptors (Lipinski definition) is 6. The lowest BCUT2D eigenvalue weighted by Crippen LogP contribution is -2.41. The van der Waals surface area contributed by atoms with Gasteiger partial charge in [-0.1, -0.05) is 18.2 Å². The largest absolute Gasteiger partial charge is 0.443 e. The standard InChI is InChI=1S/C30H31F3N4O5/c1-28(2,3)41-26(39)35-16-14-23(37-24(35)13-15-34-37)19-9-8-12-22(18-19)36(27(40)42-29(4,5)6)25(38)20-10-7-11-21(17-20)30(31,32)33/h7-15,17-18H,16H2,1-6H3. The summed E-state index contributed by atoms with van der Waals surface area (Å²) in [4.78, 5) is 41.8. The number of halogens is 3. The molecule has 4 rings (SSSR count). The maximum Gasteiger partial charge on any atom is 0.422 e. The van der Waals surface area contributed by atoms with E-state index in [-0.39, 0.29) is 17.8 Å². The van der Waals surface area contributed by atoms with Gasteiger partial charge in [-0.2, -0.15) is 18.3 Å². The summed E-state index contributed by atoms with van der Waals surface area (Å²) in [6.45, 7) is 10.3. The molecule has 2 aromatic carbocycles. The summed E-state index contributed by atoms with van der Waals surface area (Å²) < 4.78 is 52.6. The molecule has 42 heavy (non-hydrogen) atoms. The number of carbonyl (C=O) groups excluding carboxylic acids is 3. The molecule has 0 saturated heterocycles. The summed E-state index contributed by atoms with van der Waals surface area (Å²) >= 11 is 0. The SMILES string of the molecule is CC(C)(C)OC(=O)N1CC=C(c2cccc(N(C(=O)OC(C)(C)C)C(=O)c3cccc(C(F)(F)F)c3)c2)n2nccc21. The van der Waals surface area contributed by atoms with E-state index in [0.29, 0.717) is 28.0 Å². The van der Waals surface area contributed by atoms with Crippen molar-refractivity contribution in [2.24, 2.45) is 0 Å². The molecule has 0 bridgehead atoms. The van der Waals surface area contributed by atoms with Crippen LogP contribution in [-0.2, 0) is 15.7 Å². The number of anilines is 2. The van der Waals surface area contributed by atoms with Gasteiger partial charge in [0.1, 0.15) is 17.0 Å². The number of carbonyl (C=O) groups is 3. The van der Waals surface area contributed by atoms with Gasteiger partial charge in [-0.05, 0) is 78.0 Å². The van der Waals surface area contributed by atoms with Crippen molar-refractivity contribution in [1.82, 2.24) is 9.78 Å². The van der Waals surface area contributed by atoms with Gasteiger partial charge >= 0.3 is 18.4 Å². The third-order valence-corrected chi connectivity index (χ3v) is 5.82. The van der Waals surface area contributed by atoms with Gasteiger partial charge in [-0.3, -0.25) is 9.69 Å². The Morgan fingerprint density at radius 2 is 1.55 bits per heavy atom. The summed E-state index contributed by atoms with van der Waals surface area (Å²) in [5, 5.41) is 4.34. The fourth-order valence-electron chi connectivity index (χ4n) is 4.14. The highest BCUT2D eigenvalue weighted by Crippen LogP contribution is 2.33. The minimum atomic E-state index is -4.69. The predicted molar refractivity (Wildman–Crippen MR) is 150 cm³/mol. The first kappa shape index (κ1) is 30.4. The van der Waals surface area contributed by atoms with E-state index >= 15 is 0 Å². The van der Waals surface area contributed by atoms with Crippen molar-refractivity contribution in [1.29, 1.82) is 0 Å². The summed E-state index contributed by atoms with van der Waals surface area (Å²) in [5.41, 5.74) is -1.95.